The number of hydrogen-bond donors (Lipinski definition) is 2. The normalized spacial score (nSPS) is 14.5. The number of rotatable bonds is 7. The van der Waals surface area contributed by atoms with Gasteiger partial charge in [0.15, 0.2) is 0 Å². The van der Waals surface area contributed by atoms with Gasteiger partial charge in [0, 0.05) is 35.7 Å². The molecule has 1 amide bonds. The van der Waals surface area contributed by atoms with Gasteiger partial charge in [0.25, 0.3) is 0 Å². The van der Waals surface area contributed by atoms with E-state index < -0.39 is 10.0 Å². The summed E-state index contributed by atoms with van der Waals surface area (Å²) in [6, 6.07) is 9.68. The van der Waals surface area contributed by atoms with Gasteiger partial charge in [0.1, 0.15) is 0 Å². The number of hydrogen-bond acceptors (Lipinski definition) is 3. The quantitative estimate of drug-likeness (QED) is 0.716. The van der Waals surface area contributed by atoms with Gasteiger partial charge in [-0.3, -0.25) is 9.52 Å². The van der Waals surface area contributed by atoms with Crippen LogP contribution in [0.25, 0.3) is 6.08 Å². The van der Waals surface area contributed by atoms with Gasteiger partial charge in [-0.1, -0.05) is 12.1 Å². The van der Waals surface area contributed by atoms with Crippen molar-refractivity contribution < 1.29 is 13.2 Å². The fraction of sp³-hybridized carbons (Fsp3) is 0.350. The van der Waals surface area contributed by atoms with E-state index in [2.05, 4.69) is 34.5 Å². The first-order valence-corrected chi connectivity index (χ1v) is 10.8. The summed E-state index contributed by atoms with van der Waals surface area (Å²) < 4.78 is 27.4. The molecule has 0 radical (unpaired) electrons. The lowest BCUT2D eigenvalue weighted by molar-refractivity contribution is -0.116. The average molecular weight is 388 g/mol. The van der Waals surface area contributed by atoms with Crippen molar-refractivity contribution in [1.82, 2.24) is 9.88 Å². The zero-order chi connectivity index (χ0) is 19.6. The molecule has 7 heteroatoms. The van der Waals surface area contributed by atoms with Crippen LogP contribution in [0.3, 0.4) is 0 Å². The SMILES string of the molecule is Cc1cc(/C=C/C(=O)NCc2cccc(NS(C)(=O)=O)c2)c(C)n1C1CC1. The number of nitrogens with zero attached hydrogens (tertiary/aromatic N) is 1. The molecular weight excluding hydrogens is 362 g/mol. The summed E-state index contributed by atoms with van der Waals surface area (Å²) in [6.07, 6.45) is 6.95. The number of carbonyl (C=O) groups excluding carboxylic acids is 1. The lowest BCUT2D eigenvalue weighted by Gasteiger charge is -2.07. The Balaban J connectivity index is 1.59. The monoisotopic (exact) mass is 387 g/mol. The van der Waals surface area contributed by atoms with Gasteiger partial charge in [-0.25, -0.2) is 8.42 Å². The van der Waals surface area contributed by atoms with E-state index in [9.17, 15) is 13.2 Å². The Morgan fingerprint density at radius 3 is 2.67 bits per heavy atom. The molecule has 1 fully saturated rings. The predicted molar refractivity (Wildman–Crippen MR) is 108 cm³/mol. The summed E-state index contributed by atoms with van der Waals surface area (Å²) in [7, 11) is -3.32. The molecule has 1 aromatic heterocycles. The van der Waals surface area contributed by atoms with Crippen molar-refractivity contribution in [3.63, 3.8) is 0 Å². The fourth-order valence-electron chi connectivity index (χ4n) is 3.24. The largest absolute Gasteiger partial charge is 0.348 e. The Morgan fingerprint density at radius 1 is 1.26 bits per heavy atom. The molecule has 1 aliphatic rings. The predicted octanol–water partition coefficient (Wildman–Crippen LogP) is 3.14. The first kappa shape index (κ1) is 19.2. The standard InChI is InChI=1S/C20H25N3O3S/c1-14-11-17(15(2)23(14)19-8-9-19)7-10-20(24)21-13-16-5-4-6-18(12-16)22-27(3,25)26/h4-7,10-12,19,22H,8-9,13H2,1-3H3,(H,21,24)/b10-7+. The summed E-state index contributed by atoms with van der Waals surface area (Å²) in [4.78, 5) is 12.1. The fourth-order valence-corrected chi connectivity index (χ4v) is 3.79. The summed E-state index contributed by atoms with van der Waals surface area (Å²) in [5.74, 6) is -0.187. The number of amides is 1. The van der Waals surface area contributed by atoms with Crippen molar-refractivity contribution in [2.45, 2.75) is 39.3 Å². The number of aromatic nitrogens is 1. The van der Waals surface area contributed by atoms with Crippen LogP contribution < -0.4 is 10.0 Å². The van der Waals surface area contributed by atoms with Gasteiger partial charge in [-0.15, -0.1) is 0 Å². The minimum absolute atomic E-state index is 0.187. The third-order valence-corrected chi connectivity index (χ3v) is 5.15. The molecule has 6 nitrogen and oxygen atoms in total. The lowest BCUT2D eigenvalue weighted by atomic mass is 10.2. The highest BCUT2D eigenvalue weighted by Crippen LogP contribution is 2.38. The van der Waals surface area contributed by atoms with E-state index in [0.29, 0.717) is 18.3 Å². The van der Waals surface area contributed by atoms with E-state index in [0.717, 1.165) is 17.4 Å². The molecule has 0 bridgehead atoms. The van der Waals surface area contributed by atoms with Crippen LogP contribution in [-0.2, 0) is 21.4 Å². The molecule has 1 aromatic carbocycles. The number of carbonyl (C=O) groups is 1. The van der Waals surface area contributed by atoms with E-state index >= 15 is 0 Å². The van der Waals surface area contributed by atoms with Crippen LogP contribution in [-0.4, -0.2) is 25.1 Å². The van der Waals surface area contributed by atoms with Crippen LogP contribution in [0.2, 0.25) is 0 Å². The van der Waals surface area contributed by atoms with E-state index in [-0.39, 0.29) is 5.91 Å². The highest BCUT2D eigenvalue weighted by molar-refractivity contribution is 7.92. The summed E-state index contributed by atoms with van der Waals surface area (Å²) in [5.41, 5.74) is 4.78. The van der Waals surface area contributed by atoms with Crippen molar-refractivity contribution in [3.05, 3.63) is 58.9 Å². The molecule has 2 N–H and O–H groups in total. The van der Waals surface area contributed by atoms with Gasteiger partial charge in [-0.05, 0) is 62.1 Å². The average Bonchev–Trinajstić information content (AvgIpc) is 3.36. The van der Waals surface area contributed by atoms with Crippen LogP contribution in [0.15, 0.2) is 36.4 Å². The zero-order valence-corrected chi connectivity index (χ0v) is 16.6. The Morgan fingerprint density at radius 2 is 2.00 bits per heavy atom. The maximum absolute atomic E-state index is 12.1. The van der Waals surface area contributed by atoms with Gasteiger partial charge in [-0.2, -0.15) is 0 Å². The zero-order valence-electron chi connectivity index (χ0n) is 15.8. The highest BCUT2D eigenvalue weighted by atomic mass is 32.2. The van der Waals surface area contributed by atoms with Crippen molar-refractivity contribution in [3.8, 4) is 0 Å². The van der Waals surface area contributed by atoms with Crippen molar-refractivity contribution in [1.29, 1.82) is 0 Å². The van der Waals surface area contributed by atoms with Crippen LogP contribution in [0.1, 0.15) is 41.4 Å². The third-order valence-electron chi connectivity index (χ3n) is 4.55. The van der Waals surface area contributed by atoms with Gasteiger partial charge in [0.05, 0.1) is 6.26 Å². The van der Waals surface area contributed by atoms with Gasteiger partial charge in [0.2, 0.25) is 15.9 Å². The topological polar surface area (TPSA) is 80.2 Å². The van der Waals surface area contributed by atoms with E-state index in [1.807, 2.05) is 12.1 Å². The molecule has 0 spiro atoms. The number of benzene rings is 1. The maximum atomic E-state index is 12.1. The van der Waals surface area contributed by atoms with E-state index in [4.69, 9.17) is 0 Å². The smallest absolute Gasteiger partial charge is 0.244 e. The molecule has 0 unspecified atom stereocenters. The van der Waals surface area contributed by atoms with Gasteiger partial charge >= 0.3 is 0 Å². The molecule has 27 heavy (non-hydrogen) atoms. The second kappa shape index (κ2) is 7.60. The molecule has 144 valence electrons. The van der Waals surface area contributed by atoms with Crippen LogP contribution in [0.5, 0.6) is 0 Å². The number of sulfonamides is 1. The van der Waals surface area contributed by atoms with Crippen LogP contribution in [0.4, 0.5) is 5.69 Å². The van der Waals surface area contributed by atoms with Crippen molar-refractivity contribution in [2.24, 2.45) is 0 Å². The Labute approximate surface area is 160 Å². The molecule has 1 saturated carbocycles. The van der Waals surface area contributed by atoms with E-state index in [1.165, 1.54) is 30.3 Å². The molecule has 0 atom stereocenters. The Kier molecular flexibility index (Phi) is 5.41. The molecule has 3 rings (SSSR count). The molecule has 1 aliphatic carbocycles. The number of aryl methyl sites for hydroxylation is 1. The second-order valence-electron chi connectivity index (χ2n) is 7.05. The molecule has 0 saturated heterocycles. The molecule has 1 heterocycles. The maximum Gasteiger partial charge on any atom is 0.244 e. The van der Waals surface area contributed by atoms with Gasteiger partial charge < -0.3 is 9.88 Å². The second-order valence-corrected chi connectivity index (χ2v) is 8.80. The summed E-state index contributed by atoms with van der Waals surface area (Å²) in [6.45, 7) is 4.51. The van der Waals surface area contributed by atoms with Crippen LogP contribution in [0, 0.1) is 13.8 Å². The number of nitrogens with one attached hydrogen (secondary N) is 2. The first-order chi connectivity index (χ1) is 12.7. The Hall–Kier alpha value is -2.54. The van der Waals surface area contributed by atoms with Crippen molar-refractivity contribution in [2.75, 3.05) is 11.0 Å². The summed E-state index contributed by atoms with van der Waals surface area (Å²) >= 11 is 0. The highest BCUT2D eigenvalue weighted by Gasteiger charge is 2.26. The third kappa shape index (κ3) is 5.23. The van der Waals surface area contributed by atoms with E-state index in [1.54, 1.807) is 18.2 Å². The lowest BCUT2D eigenvalue weighted by Crippen LogP contribution is -2.20. The van der Waals surface area contributed by atoms with Crippen LogP contribution >= 0.6 is 0 Å². The minimum atomic E-state index is -3.32. The molecule has 2 aromatic rings. The van der Waals surface area contributed by atoms with Crippen molar-refractivity contribution >= 4 is 27.7 Å². The molecular formula is C20H25N3O3S. The molecule has 0 aliphatic heterocycles. The number of anilines is 1. The first-order valence-electron chi connectivity index (χ1n) is 8.94. The summed E-state index contributed by atoms with van der Waals surface area (Å²) in [5, 5.41) is 2.83. The minimum Gasteiger partial charge on any atom is -0.348 e. The Bertz CT molecular complexity index is 986.